The van der Waals surface area contributed by atoms with Crippen molar-refractivity contribution in [1.29, 1.82) is 0 Å². The Morgan fingerprint density at radius 1 is 1.15 bits per heavy atom. The molecule has 148 valence electrons. The van der Waals surface area contributed by atoms with Crippen molar-refractivity contribution in [1.82, 2.24) is 9.80 Å². The Bertz CT molecular complexity index is 635. The highest BCUT2D eigenvalue weighted by Gasteiger charge is 2.54. The summed E-state index contributed by atoms with van der Waals surface area (Å²) in [5.41, 5.74) is 0.881. The lowest BCUT2D eigenvalue weighted by Crippen LogP contribution is -2.49. The Balaban J connectivity index is 1.43. The molecule has 0 spiro atoms. The molecule has 1 aromatic rings. The zero-order valence-corrected chi connectivity index (χ0v) is 16.5. The maximum atomic E-state index is 13.6. The fourth-order valence-corrected chi connectivity index (χ4v) is 4.66. The minimum absolute atomic E-state index is 0.277. The number of hydrogen-bond acceptors (Lipinski definition) is 4. The lowest BCUT2D eigenvalue weighted by molar-refractivity contribution is -0.138. The molecular weight excluding hydrogens is 340 g/mol. The van der Waals surface area contributed by atoms with E-state index in [-0.39, 0.29) is 5.41 Å². The van der Waals surface area contributed by atoms with E-state index in [2.05, 4.69) is 21.9 Å². The Morgan fingerprint density at radius 3 is 2.56 bits per heavy atom. The van der Waals surface area contributed by atoms with Gasteiger partial charge in [-0.1, -0.05) is 12.1 Å². The quantitative estimate of drug-likeness (QED) is 0.770. The molecule has 0 aromatic heterocycles. The smallest absolute Gasteiger partial charge is 0.233 e. The summed E-state index contributed by atoms with van der Waals surface area (Å²) in [6, 6.07) is 8.51. The van der Waals surface area contributed by atoms with Crippen LogP contribution in [0.4, 0.5) is 0 Å². The van der Waals surface area contributed by atoms with Gasteiger partial charge in [-0.05, 0) is 56.2 Å². The predicted molar refractivity (Wildman–Crippen MR) is 105 cm³/mol. The number of ether oxygens (including phenoxy) is 2. The van der Waals surface area contributed by atoms with Crippen molar-refractivity contribution >= 4 is 5.91 Å². The van der Waals surface area contributed by atoms with Crippen molar-refractivity contribution in [2.24, 2.45) is 0 Å². The number of nitrogens with zero attached hydrogens (tertiary/aromatic N) is 2. The third-order valence-electron chi connectivity index (χ3n) is 6.57. The van der Waals surface area contributed by atoms with Crippen LogP contribution in [-0.2, 0) is 14.9 Å². The number of carbonyl (C=O) groups excluding carboxylic acids is 1. The van der Waals surface area contributed by atoms with Crippen LogP contribution in [0.25, 0.3) is 0 Å². The van der Waals surface area contributed by atoms with Crippen LogP contribution in [0.5, 0.6) is 5.75 Å². The summed E-state index contributed by atoms with van der Waals surface area (Å²) in [5, 5.41) is 0. The monoisotopic (exact) mass is 372 g/mol. The fourth-order valence-electron chi connectivity index (χ4n) is 4.66. The van der Waals surface area contributed by atoms with Crippen molar-refractivity contribution in [3.63, 3.8) is 0 Å². The van der Waals surface area contributed by atoms with Crippen LogP contribution < -0.4 is 4.74 Å². The molecular formula is C22H32N2O3. The minimum Gasteiger partial charge on any atom is -0.497 e. The zero-order valence-electron chi connectivity index (χ0n) is 16.5. The number of piperidine rings is 1. The number of benzene rings is 1. The van der Waals surface area contributed by atoms with Gasteiger partial charge in [0.1, 0.15) is 5.75 Å². The van der Waals surface area contributed by atoms with Gasteiger partial charge >= 0.3 is 0 Å². The summed E-state index contributed by atoms with van der Waals surface area (Å²) in [4.78, 5) is 18.3. The Hall–Kier alpha value is -1.59. The number of likely N-dealkylation sites (tertiary alicyclic amines) is 1. The normalized spacial score (nSPS) is 25.2. The van der Waals surface area contributed by atoms with E-state index in [4.69, 9.17) is 9.47 Å². The summed E-state index contributed by atoms with van der Waals surface area (Å²) in [5.74, 6) is 1.21. The Labute approximate surface area is 162 Å². The predicted octanol–water partition coefficient (Wildman–Crippen LogP) is 2.83. The average molecular weight is 373 g/mol. The highest BCUT2D eigenvalue weighted by Crippen LogP contribution is 2.50. The second kappa shape index (κ2) is 8.19. The summed E-state index contributed by atoms with van der Waals surface area (Å²) in [6.07, 6.45) is 6.57. The van der Waals surface area contributed by atoms with Gasteiger partial charge in [0.15, 0.2) is 0 Å². The average Bonchev–Trinajstić information content (AvgIpc) is 3.55. The molecule has 1 atom stereocenters. The summed E-state index contributed by atoms with van der Waals surface area (Å²) in [6.45, 7) is 5.73. The molecule has 1 aliphatic carbocycles. The molecule has 0 radical (unpaired) electrons. The molecule has 27 heavy (non-hydrogen) atoms. The first kappa shape index (κ1) is 18.8. The van der Waals surface area contributed by atoms with E-state index < -0.39 is 0 Å². The first-order valence-corrected chi connectivity index (χ1v) is 10.5. The van der Waals surface area contributed by atoms with Crippen molar-refractivity contribution in [2.45, 2.75) is 50.0 Å². The SMILES string of the molecule is COc1ccc(C2(C(=O)N3CCCC[C@H]3CCN3CCOCC3)CC2)cc1. The van der Waals surface area contributed by atoms with Gasteiger partial charge in [-0.25, -0.2) is 0 Å². The molecule has 3 aliphatic rings. The van der Waals surface area contributed by atoms with E-state index in [9.17, 15) is 4.79 Å². The highest BCUT2D eigenvalue weighted by molar-refractivity contribution is 5.91. The molecule has 2 saturated heterocycles. The molecule has 1 saturated carbocycles. The minimum atomic E-state index is -0.277. The van der Waals surface area contributed by atoms with Crippen LogP contribution in [0.3, 0.4) is 0 Å². The highest BCUT2D eigenvalue weighted by atomic mass is 16.5. The number of hydrogen-bond donors (Lipinski definition) is 0. The van der Waals surface area contributed by atoms with Crippen LogP contribution in [-0.4, -0.2) is 68.3 Å². The Morgan fingerprint density at radius 2 is 1.89 bits per heavy atom. The molecule has 1 aromatic carbocycles. The molecule has 5 nitrogen and oxygen atoms in total. The number of methoxy groups -OCH3 is 1. The van der Waals surface area contributed by atoms with Gasteiger partial charge in [0.05, 0.1) is 25.7 Å². The van der Waals surface area contributed by atoms with Gasteiger partial charge in [-0.15, -0.1) is 0 Å². The molecule has 4 rings (SSSR count). The van der Waals surface area contributed by atoms with Gasteiger partial charge < -0.3 is 14.4 Å². The largest absolute Gasteiger partial charge is 0.497 e. The number of carbonyl (C=O) groups is 1. The second-order valence-electron chi connectivity index (χ2n) is 8.20. The van der Waals surface area contributed by atoms with Gasteiger partial charge in [-0.3, -0.25) is 9.69 Å². The van der Waals surface area contributed by atoms with Crippen molar-refractivity contribution in [3.05, 3.63) is 29.8 Å². The van der Waals surface area contributed by atoms with E-state index in [0.717, 1.165) is 82.8 Å². The lowest BCUT2D eigenvalue weighted by atomic mass is 9.90. The van der Waals surface area contributed by atoms with E-state index in [1.165, 1.54) is 6.42 Å². The van der Waals surface area contributed by atoms with Gasteiger partial charge in [0.25, 0.3) is 0 Å². The van der Waals surface area contributed by atoms with Crippen LogP contribution >= 0.6 is 0 Å². The number of rotatable bonds is 6. The molecule has 5 heteroatoms. The van der Waals surface area contributed by atoms with E-state index in [1.54, 1.807) is 7.11 Å². The van der Waals surface area contributed by atoms with E-state index >= 15 is 0 Å². The second-order valence-corrected chi connectivity index (χ2v) is 8.20. The molecule has 0 unspecified atom stereocenters. The zero-order chi connectivity index (χ0) is 18.7. The third kappa shape index (κ3) is 3.99. The van der Waals surface area contributed by atoms with Crippen molar-refractivity contribution < 1.29 is 14.3 Å². The van der Waals surface area contributed by atoms with Crippen LogP contribution in [0.15, 0.2) is 24.3 Å². The lowest BCUT2D eigenvalue weighted by Gasteiger charge is -2.39. The molecule has 0 N–H and O–H groups in total. The van der Waals surface area contributed by atoms with Gasteiger partial charge in [0.2, 0.25) is 5.91 Å². The molecule has 3 fully saturated rings. The maximum absolute atomic E-state index is 13.6. The van der Waals surface area contributed by atoms with Crippen molar-refractivity contribution in [2.75, 3.05) is 46.5 Å². The third-order valence-corrected chi connectivity index (χ3v) is 6.57. The molecule has 0 bridgehead atoms. The van der Waals surface area contributed by atoms with Crippen molar-refractivity contribution in [3.8, 4) is 5.75 Å². The molecule has 1 amide bonds. The van der Waals surface area contributed by atoms with Crippen LogP contribution in [0, 0.1) is 0 Å². The fraction of sp³-hybridized carbons (Fsp3) is 0.682. The van der Waals surface area contributed by atoms with E-state index in [0.29, 0.717) is 11.9 Å². The maximum Gasteiger partial charge on any atom is 0.233 e. The molecule has 2 aliphatic heterocycles. The van der Waals surface area contributed by atoms with E-state index in [1.807, 2.05) is 12.1 Å². The number of morpholine rings is 1. The summed E-state index contributed by atoms with van der Waals surface area (Å²) >= 11 is 0. The Kier molecular flexibility index (Phi) is 5.69. The standard InChI is InChI=1S/C22H32N2O3/c1-26-20-7-5-18(6-8-20)22(10-11-22)21(25)24-12-3-2-4-19(24)9-13-23-14-16-27-17-15-23/h5-8,19H,2-4,9-17H2,1H3/t19-/m0/s1. The topological polar surface area (TPSA) is 42.0 Å². The first-order valence-electron chi connectivity index (χ1n) is 10.5. The van der Waals surface area contributed by atoms with Gasteiger partial charge in [-0.2, -0.15) is 0 Å². The summed E-state index contributed by atoms with van der Waals surface area (Å²) in [7, 11) is 1.68. The number of amides is 1. The summed E-state index contributed by atoms with van der Waals surface area (Å²) < 4.78 is 10.7. The van der Waals surface area contributed by atoms with Gasteiger partial charge in [0, 0.05) is 32.2 Å². The van der Waals surface area contributed by atoms with Crippen LogP contribution in [0.2, 0.25) is 0 Å². The van der Waals surface area contributed by atoms with Crippen LogP contribution in [0.1, 0.15) is 44.1 Å². The first-order chi connectivity index (χ1) is 13.2. The molecule has 2 heterocycles.